The van der Waals surface area contributed by atoms with E-state index in [0.29, 0.717) is 19.6 Å². The Morgan fingerprint density at radius 3 is 2.25 bits per heavy atom. The second-order valence-corrected chi connectivity index (χ2v) is 4.98. The Morgan fingerprint density at radius 2 is 1.70 bits per heavy atom. The molecule has 5 nitrogen and oxygen atoms in total. The molecule has 2 amide bonds. The highest BCUT2D eigenvalue weighted by atomic mass is 16.2. The third-order valence-corrected chi connectivity index (χ3v) is 3.60. The lowest BCUT2D eigenvalue weighted by Crippen LogP contribution is -2.52. The summed E-state index contributed by atoms with van der Waals surface area (Å²) < 4.78 is 0. The fraction of sp³-hybridized carbons (Fsp3) is 0.467. The number of rotatable bonds is 2. The lowest BCUT2D eigenvalue weighted by atomic mass is 10.2. The van der Waals surface area contributed by atoms with Crippen LogP contribution in [0.4, 0.5) is 5.69 Å². The summed E-state index contributed by atoms with van der Waals surface area (Å²) in [5.74, 6) is -0.841. The van der Waals surface area contributed by atoms with Crippen LogP contribution < -0.4 is 4.90 Å². The summed E-state index contributed by atoms with van der Waals surface area (Å²) in [6.45, 7) is 5.23. The van der Waals surface area contributed by atoms with Crippen LogP contribution in [0.1, 0.15) is 6.92 Å². The number of benzene rings is 1. The van der Waals surface area contributed by atoms with E-state index in [0.717, 1.165) is 18.8 Å². The molecule has 2 rings (SSSR count). The van der Waals surface area contributed by atoms with Crippen LogP contribution in [0, 0.1) is 0 Å². The molecule has 1 aromatic carbocycles. The lowest BCUT2D eigenvalue weighted by molar-refractivity contribution is -0.145. The first-order valence-corrected chi connectivity index (χ1v) is 6.98. The molecule has 0 saturated carbocycles. The van der Waals surface area contributed by atoms with Crippen LogP contribution in [0.5, 0.6) is 0 Å². The summed E-state index contributed by atoms with van der Waals surface area (Å²) in [7, 11) is 2.02. The minimum Gasteiger partial charge on any atom is -0.332 e. The van der Waals surface area contributed by atoms with Crippen molar-refractivity contribution < 1.29 is 9.59 Å². The van der Waals surface area contributed by atoms with Crippen molar-refractivity contribution in [3.05, 3.63) is 30.3 Å². The van der Waals surface area contributed by atoms with Gasteiger partial charge in [-0.1, -0.05) is 18.2 Å². The number of anilines is 1. The zero-order chi connectivity index (χ0) is 14.5. The summed E-state index contributed by atoms with van der Waals surface area (Å²) >= 11 is 0. The normalized spacial score (nSPS) is 16.0. The smallest absolute Gasteiger partial charge is 0.316 e. The van der Waals surface area contributed by atoms with E-state index in [9.17, 15) is 9.59 Å². The molecule has 1 fully saturated rings. The molecule has 5 heteroatoms. The Bertz CT molecular complexity index is 467. The molecule has 1 aliphatic rings. The second-order valence-electron chi connectivity index (χ2n) is 4.98. The molecular formula is C15H21N3O2. The maximum atomic E-state index is 12.4. The van der Waals surface area contributed by atoms with Crippen LogP contribution in [0.15, 0.2) is 30.3 Å². The number of hydrogen-bond donors (Lipinski definition) is 0. The monoisotopic (exact) mass is 275 g/mol. The molecule has 0 atom stereocenters. The minimum atomic E-state index is -0.441. The largest absolute Gasteiger partial charge is 0.332 e. The predicted octanol–water partition coefficient (Wildman–Crippen LogP) is 0.814. The van der Waals surface area contributed by atoms with Gasteiger partial charge in [0.25, 0.3) is 0 Å². The van der Waals surface area contributed by atoms with E-state index in [4.69, 9.17) is 0 Å². The number of carbonyl (C=O) groups is 2. The fourth-order valence-corrected chi connectivity index (χ4v) is 2.31. The number of hydrogen-bond acceptors (Lipinski definition) is 3. The Labute approximate surface area is 119 Å². The highest BCUT2D eigenvalue weighted by Crippen LogP contribution is 2.14. The molecule has 0 aliphatic carbocycles. The first-order chi connectivity index (χ1) is 9.63. The SMILES string of the molecule is CCN(C(=O)C(=O)N1CCN(C)CC1)c1ccccc1. The van der Waals surface area contributed by atoms with Crippen molar-refractivity contribution in [2.75, 3.05) is 44.7 Å². The van der Waals surface area contributed by atoms with Crippen molar-refractivity contribution in [3.63, 3.8) is 0 Å². The van der Waals surface area contributed by atoms with E-state index in [1.165, 1.54) is 4.90 Å². The van der Waals surface area contributed by atoms with Gasteiger partial charge in [0, 0.05) is 38.4 Å². The van der Waals surface area contributed by atoms with Gasteiger partial charge in [-0.25, -0.2) is 0 Å². The average molecular weight is 275 g/mol. The molecule has 0 N–H and O–H groups in total. The van der Waals surface area contributed by atoms with Crippen molar-refractivity contribution in [3.8, 4) is 0 Å². The molecule has 0 unspecified atom stereocenters. The van der Waals surface area contributed by atoms with E-state index in [2.05, 4.69) is 4.90 Å². The maximum absolute atomic E-state index is 12.4. The number of nitrogens with zero attached hydrogens (tertiary/aromatic N) is 3. The predicted molar refractivity (Wildman–Crippen MR) is 78.5 cm³/mol. The topological polar surface area (TPSA) is 43.9 Å². The molecule has 0 aromatic heterocycles. The van der Waals surface area contributed by atoms with Crippen LogP contribution in [-0.4, -0.2) is 61.4 Å². The van der Waals surface area contributed by atoms with E-state index < -0.39 is 11.8 Å². The fourth-order valence-electron chi connectivity index (χ4n) is 2.31. The Kier molecular flexibility index (Phi) is 4.74. The molecule has 0 radical (unpaired) electrons. The maximum Gasteiger partial charge on any atom is 0.316 e. The van der Waals surface area contributed by atoms with E-state index in [1.54, 1.807) is 4.90 Å². The standard InChI is InChI=1S/C15H21N3O2/c1-3-18(13-7-5-4-6-8-13)15(20)14(19)17-11-9-16(2)10-12-17/h4-8H,3,9-12H2,1-2H3. The molecule has 1 aromatic rings. The average Bonchev–Trinajstić information content (AvgIpc) is 2.49. The van der Waals surface area contributed by atoms with Gasteiger partial charge in [0.05, 0.1) is 0 Å². The molecule has 0 bridgehead atoms. The Hall–Kier alpha value is -1.88. The zero-order valence-electron chi connectivity index (χ0n) is 12.1. The molecule has 1 heterocycles. The highest BCUT2D eigenvalue weighted by molar-refractivity contribution is 6.40. The summed E-state index contributed by atoms with van der Waals surface area (Å²) in [6, 6.07) is 9.32. The van der Waals surface area contributed by atoms with Gasteiger partial charge in [-0.05, 0) is 26.1 Å². The Morgan fingerprint density at radius 1 is 1.10 bits per heavy atom. The molecular weight excluding hydrogens is 254 g/mol. The van der Waals surface area contributed by atoms with Gasteiger partial charge >= 0.3 is 11.8 Å². The van der Waals surface area contributed by atoms with E-state index >= 15 is 0 Å². The number of carbonyl (C=O) groups excluding carboxylic acids is 2. The van der Waals surface area contributed by atoms with Gasteiger partial charge in [0.15, 0.2) is 0 Å². The van der Waals surface area contributed by atoms with Gasteiger partial charge in [-0.3, -0.25) is 9.59 Å². The number of amides is 2. The third kappa shape index (κ3) is 3.17. The van der Waals surface area contributed by atoms with Gasteiger partial charge in [0.2, 0.25) is 0 Å². The summed E-state index contributed by atoms with van der Waals surface area (Å²) in [5.41, 5.74) is 0.766. The Balaban J connectivity index is 2.07. The first kappa shape index (κ1) is 14.5. The molecule has 20 heavy (non-hydrogen) atoms. The zero-order valence-corrected chi connectivity index (χ0v) is 12.1. The molecule has 1 aliphatic heterocycles. The van der Waals surface area contributed by atoms with E-state index in [1.807, 2.05) is 44.3 Å². The lowest BCUT2D eigenvalue weighted by Gasteiger charge is -2.33. The first-order valence-electron chi connectivity index (χ1n) is 6.98. The number of piperazine rings is 1. The summed E-state index contributed by atoms with van der Waals surface area (Å²) in [6.07, 6.45) is 0. The number of para-hydroxylation sites is 1. The van der Waals surface area contributed by atoms with Crippen molar-refractivity contribution in [1.29, 1.82) is 0 Å². The minimum absolute atomic E-state index is 0.399. The highest BCUT2D eigenvalue weighted by Gasteiger charge is 2.28. The third-order valence-electron chi connectivity index (χ3n) is 3.60. The molecule has 0 spiro atoms. The van der Waals surface area contributed by atoms with Crippen molar-refractivity contribution in [1.82, 2.24) is 9.80 Å². The van der Waals surface area contributed by atoms with Gasteiger partial charge < -0.3 is 14.7 Å². The van der Waals surface area contributed by atoms with Gasteiger partial charge in [-0.15, -0.1) is 0 Å². The number of likely N-dealkylation sites (N-methyl/N-ethyl adjacent to an activating group) is 2. The van der Waals surface area contributed by atoms with Crippen molar-refractivity contribution >= 4 is 17.5 Å². The molecule has 1 saturated heterocycles. The van der Waals surface area contributed by atoms with Crippen molar-refractivity contribution in [2.24, 2.45) is 0 Å². The van der Waals surface area contributed by atoms with Crippen LogP contribution >= 0.6 is 0 Å². The van der Waals surface area contributed by atoms with E-state index in [-0.39, 0.29) is 0 Å². The summed E-state index contributed by atoms with van der Waals surface area (Å²) in [5, 5.41) is 0. The van der Waals surface area contributed by atoms with Crippen molar-refractivity contribution in [2.45, 2.75) is 6.92 Å². The quantitative estimate of drug-likeness (QED) is 0.750. The molecule has 108 valence electrons. The summed E-state index contributed by atoms with van der Waals surface area (Å²) in [4.78, 5) is 30.0. The van der Waals surface area contributed by atoms with Crippen LogP contribution in [0.2, 0.25) is 0 Å². The van der Waals surface area contributed by atoms with Crippen LogP contribution in [0.25, 0.3) is 0 Å². The second kappa shape index (κ2) is 6.52. The van der Waals surface area contributed by atoms with Crippen LogP contribution in [0.3, 0.4) is 0 Å². The van der Waals surface area contributed by atoms with Gasteiger partial charge in [0.1, 0.15) is 0 Å². The van der Waals surface area contributed by atoms with Gasteiger partial charge in [-0.2, -0.15) is 0 Å². The van der Waals surface area contributed by atoms with Crippen LogP contribution in [-0.2, 0) is 9.59 Å².